The predicted molar refractivity (Wildman–Crippen MR) is 148 cm³/mol. The van der Waals surface area contributed by atoms with Gasteiger partial charge < -0.3 is 15.7 Å². The topological polar surface area (TPSA) is 108 Å². The summed E-state index contributed by atoms with van der Waals surface area (Å²) in [5.41, 5.74) is 1.70. The molecular weight excluding hydrogens is 616 g/mol. The van der Waals surface area contributed by atoms with Crippen LogP contribution >= 0.6 is 45.8 Å². The number of ketones is 1. The van der Waals surface area contributed by atoms with E-state index in [0.717, 1.165) is 43.4 Å². The Morgan fingerprint density at radius 3 is 2.28 bits per heavy atom. The summed E-state index contributed by atoms with van der Waals surface area (Å²) < 4.78 is 0.613. The zero-order valence-electron chi connectivity index (χ0n) is 19.6. The van der Waals surface area contributed by atoms with Crippen LogP contribution < -0.4 is 10.6 Å². The zero-order chi connectivity index (χ0) is 26.0. The number of carboxylic acids is 1. The number of Topliss-reactive ketones (excluding diaryl/α,β-unsaturated/α-hetero) is 1. The fraction of sp³-hybridized carbons (Fsp3) is 0.385. The molecule has 1 heterocycles. The van der Waals surface area contributed by atoms with Crippen LogP contribution in [0.4, 0.5) is 5.69 Å². The third-order valence-electron chi connectivity index (χ3n) is 7.12. The lowest BCUT2D eigenvalue weighted by Gasteiger charge is -2.46. The first kappa shape index (κ1) is 26.9. The third kappa shape index (κ3) is 4.99. The van der Waals surface area contributed by atoms with Gasteiger partial charge in [0.05, 0.1) is 24.6 Å². The summed E-state index contributed by atoms with van der Waals surface area (Å²) in [5, 5.41) is 16.5. The molecule has 190 valence electrons. The van der Waals surface area contributed by atoms with E-state index < -0.39 is 23.3 Å². The largest absolute Gasteiger partial charge is 0.480 e. The van der Waals surface area contributed by atoms with E-state index in [1.165, 1.54) is 12.4 Å². The molecule has 1 fully saturated rings. The SMILES string of the molecule is CCC(c1ccc(NC(=O)c2c(Cl)cncc2Cl)cc1)[C@H](NC1=C(I)C(=O)C12CCCCC2)C(=O)O. The Kier molecular flexibility index (Phi) is 8.26. The Morgan fingerprint density at radius 2 is 1.72 bits per heavy atom. The van der Waals surface area contributed by atoms with Gasteiger partial charge in [-0.25, -0.2) is 4.79 Å². The number of carbonyl (C=O) groups is 3. The molecule has 7 nitrogen and oxygen atoms in total. The van der Waals surface area contributed by atoms with Gasteiger partial charge in [0, 0.05) is 29.7 Å². The molecule has 1 unspecified atom stereocenters. The highest BCUT2D eigenvalue weighted by Crippen LogP contribution is 2.54. The van der Waals surface area contributed by atoms with Crippen molar-refractivity contribution >= 4 is 69.1 Å². The maximum atomic E-state index is 12.8. The van der Waals surface area contributed by atoms with Gasteiger partial charge in [-0.05, 0) is 59.5 Å². The fourth-order valence-corrected chi connectivity index (χ4v) is 6.93. The summed E-state index contributed by atoms with van der Waals surface area (Å²) in [4.78, 5) is 41.7. The Balaban J connectivity index is 1.53. The molecule has 2 atom stereocenters. The Hall–Kier alpha value is -2.17. The van der Waals surface area contributed by atoms with Crippen LogP contribution in [-0.4, -0.2) is 33.8 Å². The number of hydrogen-bond acceptors (Lipinski definition) is 5. The number of aliphatic carboxylic acids is 1. The van der Waals surface area contributed by atoms with E-state index in [-0.39, 0.29) is 27.3 Å². The number of carbonyl (C=O) groups excluding carboxylic acids is 2. The lowest BCUT2D eigenvalue weighted by molar-refractivity contribution is -0.140. The highest BCUT2D eigenvalue weighted by atomic mass is 127. The summed E-state index contributed by atoms with van der Waals surface area (Å²) >= 11 is 14.2. The smallest absolute Gasteiger partial charge is 0.326 e. The van der Waals surface area contributed by atoms with Crippen LogP contribution in [0.5, 0.6) is 0 Å². The molecule has 0 aliphatic heterocycles. The summed E-state index contributed by atoms with van der Waals surface area (Å²) in [7, 11) is 0. The number of nitrogens with one attached hydrogen (secondary N) is 2. The van der Waals surface area contributed by atoms with Gasteiger partial charge in [-0.3, -0.25) is 14.6 Å². The number of halogens is 3. The van der Waals surface area contributed by atoms with Crippen molar-refractivity contribution in [1.29, 1.82) is 0 Å². The van der Waals surface area contributed by atoms with Crippen LogP contribution in [0.1, 0.15) is 67.3 Å². The van der Waals surface area contributed by atoms with Gasteiger partial charge in [-0.2, -0.15) is 0 Å². The van der Waals surface area contributed by atoms with Crippen molar-refractivity contribution in [2.75, 3.05) is 5.32 Å². The first-order chi connectivity index (χ1) is 17.2. The predicted octanol–water partition coefficient (Wildman–Crippen LogP) is 6.36. The molecule has 2 aromatic rings. The minimum absolute atomic E-state index is 0.133. The number of carboxylic acid groups (broad SMARTS) is 1. The van der Waals surface area contributed by atoms with E-state index in [1.807, 2.05) is 29.5 Å². The van der Waals surface area contributed by atoms with Crippen molar-refractivity contribution in [1.82, 2.24) is 10.3 Å². The summed E-state index contributed by atoms with van der Waals surface area (Å²) in [6.45, 7) is 1.94. The second-order valence-electron chi connectivity index (χ2n) is 9.19. The highest BCUT2D eigenvalue weighted by Gasteiger charge is 2.54. The summed E-state index contributed by atoms with van der Waals surface area (Å²) in [5.74, 6) is -1.64. The first-order valence-electron chi connectivity index (χ1n) is 11.8. The van der Waals surface area contributed by atoms with Crippen LogP contribution in [0, 0.1) is 5.41 Å². The maximum Gasteiger partial charge on any atom is 0.326 e. The van der Waals surface area contributed by atoms with E-state index in [0.29, 0.717) is 15.7 Å². The molecule has 0 bridgehead atoms. The number of pyridine rings is 1. The van der Waals surface area contributed by atoms with E-state index >= 15 is 0 Å². The number of aromatic nitrogens is 1. The molecule has 4 rings (SSSR count). The van der Waals surface area contributed by atoms with Gasteiger partial charge >= 0.3 is 5.97 Å². The molecule has 2 aliphatic carbocycles. The normalized spacial score (nSPS) is 18.4. The molecule has 2 aliphatic rings. The average molecular weight is 642 g/mol. The van der Waals surface area contributed by atoms with Gasteiger partial charge in [0.2, 0.25) is 0 Å². The number of nitrogens with zero attached hydrogens (tertiary/aromatic N) is 1. The van der Waals surface area contributed by atoms with Crippen LogP contribution in [0.15, 0.2) is 45.9 Å². The Bertz CT molecular complexity index is 1210. The lowest BCUT2D eigenvalue weighted by Crippen LogP contribution is -2.54. The summed E-state index contributed by atoms with van der Waals surface area (Å²) in [6.07, 6.45) is 7.84. The zero-order valence-corrected chi connectivity index (χ0v) is 23.3. The second kappa shape index (κ2) is 11.1. The molecule has 1 aromatic carbocycles. The van der Waals surface area contributed by atoms with E-state index in [2.05, 4.69) is 15.6 Å². The molecule has 0 radical (unpaired) electrons. The van der Waals surface area contributed by atoms with Crippen molar-refractivity contribution in [3.8, 4) is 0 Å². The monoisotopic (exact) mass is 641 g/mol. The van der Waals surface area contributed by atoms with E-state index in [4.69, 9.17) is 23.2 Å². The Labute approximate surface area is 233 Å². The van der Waals surface area contributed by atoms with Gasteiger partial charge in [-0.1, -0.05) is 61.5 Å². The van der Waals surface area contributed by atoms with E-state index in [1.54, 1.807) is 24.3 Å². The number of anilines is 1. The van der Waals surface area contributed by atoms with Crippen molar-refractivity contribution in [3.05, 3.63) is 67.1 Å². The van der Waals surface area contributed by atoms with Crippen LogP contribution in [0.25, 0.3) is 0 Å². The standard InChI is InChI=1S/C26H26Cl2IN3O4/c1-2-16(21(25(35)36)32-22-20(29)23(33)26(22)10-4-3-5-11-26)14-6-8-15(9-7-14)31-24(34)19-17(27)12-30-13-18(19)28/h6-9,12-13,16,21,32H,2-5,10-11H2,1H3,(H,31,34)(H,35,36)/t16?,21-/m0/s1. The average Bonchev–Trinajstić information content (AvgIpc) is 2.87. The van der Waals surface area contributed by atoms with Crippen molar-refractivity contribution in [2.24, 2.45) is 5.41 Å². The van der Waals surface area contributed by atoms with Gasteiger partial charge in [0.1, 0.15) is 6.04 Å². The van der Waals surface area contributed by atoms with Crippen molar-refractivity contribution in [3.63, 3.8) is 0 Å². The minimum Gasteiger partial charge on any atom is -0.480 e. The van der Waals surface area contributed by atoms with Crippen molar-refractivity contribution in [2.45, 2.75) is 57.4 Å². The van der Waals surface area contributed by atoms with E-state index in [9.17, 15) is 19.5 Å². The Morgan fingerprint density at radius 1 is 1.11 bits per heavy atom. The molecule has 36 heavy (non-hydrogen) atoms. The van der Waals surface area contributed by atoms with Crippen LogP contribution in [0.2, 0.25) is 10.0 Å². The quantitative estimate of drug-likeness (QED) is 0.290. The molecule has 10 heteroatoms. The molecule has 1 amide bonds. The lowest BCUT2D eigenvalue weighted by atomic mass is 9.62. The highest BCUT2D eigenvalue weighted by molar-refractivity contribution is 14.1. The minimum atomic E-state index is -0.969. The number of allylic oxidation sites excluding steroid dienone is 2. The summed E-state index contributed by atoms with van der Waals surface area (Å²) in [6, 6.07) is 6.15. The molecule has 1 spiro atoms. The van der Waals surface area contributed by atoms with Gasteiger partial charge in [0.25, 0.3) is 5.91 Å². The van der Waals surface area contributed by atoms with Crippen LogP contribution in [0.3, 0.4) is 0 Å². The third-order valence-corrected chi connectivity index (χ3v) is 8.73. The number of rotatable bonds is 8. The molecule has 1 saturated carbocycles. The number of hydrogen-bond donors (Lipinski definition) is 3. The number of benzene rings is 1. The number of amides is 1. The van der Waals surface area contributed by atoms with Crippen LogP contribution in [-0.2, 0) is 9.59 Å². The fourth-order valence-electron chi connectivity index (χ4n) is 5.21. The molecular formula is C26H26Cl2IN3O4. The molecule has 3 N–H and O–H groups in total. The second-order valence-corrected chi connectivity index (χ2v) is 11.1. The first-order valence-corrected chi connectivity index (χ1v) is 13.7. The molecule has 0 saturated heterocycles. The van der Waals surface area contributed by atoms with Gasteiger partial charge in [-0.15, -0.1) is 0 Å². The van der Waals surface area contributed by atoms with Gasteiger partial charge in [0.15, 0.2) is 5.78 Å². The van der Waals surface area contributed by atoms with Crippen molar-refractivity contribution < 1.29 is 19.5 Å². The maximum absolute atomic E-state index is 12.8. The molecule has 1 aromatic heterocycles.